The Hall–Kier alpha value is -0.610. The molecule has 4 heteroatoms. The Labute approximate surface area is 155 Å². The monoisotopic (exact) mass is 357 g/mol. The highest BCUT2D eigenvalue weighted by Crippen LogP contribution is 2.13. The molecule has 0 aliphatic rings. The lowest BCUT2D eigenvalue weighted by atomic mass is 10.0. The van der Waals surface area contributed by atoms with Crippen LogP contribution in [0.25, 0.3) is 0 Å². The van der Waals surface area contributed by atoms with E-state index in [9.17, 15) is 4.79 Å². The van der Waals surface area contributed by atoms with Crippen LogP contribution >= 0.6 is 0 Å². The maximum Gasteiger partial charge on any atom is 0.220 e. The lowest BCUT2D eigenvalue weighted by Gasteiger charge is -2.08. The molecule has 1 unspecified atom stereocenters. The van der Waals surface area contributed by atoms with E-state index in [1.165, 1.54) is 83.5 Å². The van der Waals surface area contributed by atoms with Gasteiger partial charge in [-0.15, -0.1) is 0 Å². The van der Waals surface area contributed by atoms with Gasteiger partial charge in [0.2, 0.25) is 5.91 Å². The quantitative estimate of drug-likeness (QED) is 0.293. The second-order valence-electron chi connectivity index (χ2n) is 7.34. The van der Waals surface area contributed by atoms with Crippen molar-refractivity contribution in [3.8, 4) is 0 Å². The van der Waals surface area contributed by atoms with E-state index in [0.29, 0.717) is 6.42 Å². The standard InChI is InChI=1S/C21H43NO3/c1-2-3-4-5-6-7-8-9-10-11-12-13-14-15-16-17-21(25)22-18-20(24)19-23/h20,23-24H,2-19H2,1H3,(H,22,25). The zero-order valence-electron chi connectivity index (χ0n) is 16.6. The van der Waals surface area contributed by atoms with Crippen LogP contribution in [-0.4, -0.2) is 35.4 Å². The molecule has 0 heterocycles. The third-order valence-electron chi connectivity index (χ3n) is 4.75. The highest BCUT2D eigenvalue weighted by atomic mass is 16.3. The predicted molar refractivity (Wildman–Crippen MR) is 106 cm³/mol. The summed E-state index contributed by atoms with van der Waals surface area (Å²) >= 11 is 0. The van der Waals surface area contributed by atoms with Gasteiger partial charge in [-0.2, -0.15) is 0 Å². The van der Waals surface area contributed by atoms with Gasteiger partial charge >= 0.3 is 0 Å². The molecule has 150 valence electrons. The molecular formula is C21H43NO3. The van der Waals surface area contributed by atoms with Crippen molar-refractivity contribution in [2.24, 2.45) is 0 Å². The number of nitrogens with one attached hydrogen (secondary N) is 1. The van der Waals surface area contributed by atoms with E-state index < -0.39 is 6.10 Å². The van der Waals surface area contributed by atoms with Crippen molar-refractivity contribution < 1.29 is 15.0 Å². The first-order valence-corrected chi connectivity index (χ1v) is 10.8. The molecule has 0 saturated heterocycles. The third-order valence-corrected chi connectivity index (χ3v) is 4.75. The molecule has 0 spiro atoms. The molecule has 0 radical (unpaired) electrons. The van der Waals surface area contributed by atoms with E-state index >= 15 is 0 Å². The van der Waals surface area contributed by atoms with Crippen molar-refractivity contribution in [2.75, 3.05) is 13.2 Å². The van der Waals surface area contributed by atoms with Gasteiger partial charge in [0.1, 0.15) is 0 Å². The molecule has 25 heavy (non-hydrogen) atoms. The Kier molecular flexibility index (Phi) is 19.2. The van der Waals surface area contributed by atoms with Gasteiger partial charge in [-0.25, -0.2) is 0 Å². The van der Waals surface area contributed by atoms with E-state index in [-0.39, 0.29) is 19.1 Å². The number of carbonyl (C=O) groups excluding carboxylic acids is 1. The van der Waals surface area contributed by atoms with E-state index in [2.05, 4.69) is 12.2 Å². The van der Waals surface area contributed by atoms with Gasteiger partial charge in [0, 0.05) is 13.0 Å². The smallest absolute Gasteiger partial charge is 0.220 e. The maximum absolute atomic E-state index is 11.5. The predicted octanol–water partition coefficient (Wildman–Crippen LogP) is 4.72. The summed E-state index contributed by atoms with van der Waals surface area (Å²) < 4.78 is 0. The van der Waals surface area contributed by atoms with E-state index in [1.807, 2.05) is 0 Å². The maximum atomic E-state index is 11.5. The second kappa shape index (κ2) is 19.7. The van der Waals surface area contributed by atoms with Gasteiger partial charge in [-0.05, 0) is 6.42 Å². The number of aliphatic hydroxyl groups is 2. The minimum absolute atomic E-state index is 0.0257. The van der Waals surface area contributed by atoms with Crippen LogP contribution in [0, 0.1) is 0 Å². The Morgan fingerprint density at radius 1 is 0.760 bits per heavy atom. The highest BCUT2D eigenvalue weighted by Gasteiger charge is 2.05. The SMILES string of the molecule is CCCCCCCCCCCCCCCCCC(=O)NCC(O)CO. The molecule has 0 aliphatic heterocycles. The Bertz CT molecular complexity index is 284. The fourth-order valence-corrected chi connectivity index (χ4v) is 3.04. The molecule has 0 aliphatic carbocycles. The summed E-state index contributed by atoms with van der Waals surface area (Å²) in [5.74, 6) is -0.0257. The summed E-state index contributed by atoms with van der Waals surface area (Å²) in [6.45, 7) is 2.11. The lowest BCUT2D eigenvalue weighted by Crippen LogP contribution is -2.33. The number of rotatable bonds is 19. The van der Waals surface area contributed by atoms with Crippen molar-refractivity contribution in [2.45, 2.75) is 116 Å². The van der Waals surface area contributed by atoms with Crippen molar-refractivity contribution in [3.63, 3.8) is 0 Å². The van der Waals surface area contributed by atoms with E-state index in [4.69, 9.17) is 10.2 Å². The summed E-state index contributed by atoms with van der Waals surface area (Å²) in [5.41, 5.74) is 0. The van der Waals surface area contributed by atoms with Gasteiger partial charge in [-0.1, -0.05) is 96.8 Å². The minimum atomic E-state index is -0.843. The molecule has 0 aromatic heterocycles. The summed E-state index contributed by atoms with van der Waals surface area (Å²) in [6, 6.07) is 0. The Morgan fingerprint density at radius 2 is 1.16 bits per heavy atom. The second-order valence-corrected chi connectivity index (χ2v) is 7.34. The van der Waals surface area contributed by atoms with Crippen LogP contribution in [0.5, 0.6) is 0 Å². The molecule has 0 bridgehead atoms. The van der Waals surface area contributed by atoms with Crippen molar-refractivity contribution in [3.05, 3.63) is 0 Å². The minimum Gasteiger partial charge on any atom is -0.394 e. The fourth-order valence-electron chi connectivity index (χ4n) is 3.04. The van der Waals surface area contributed by atoms with Gasteiger partial charge in [0.25, 0.3) is 0 Å². The number of carbonyl (C=O) groups is 1. The van der Waals surface area contributed by atoms with Crippen LogP contribution in [-0.2, 0) is 4.79 Å². The molecule has 0 aromatic rings. The number of amides is 1. The number of hydrogen-bond acceptors (Lipinski definition) is 3. The number of hydrogen-bond donors (Lipinski definition) is 3. The van der Waals surface area contributed by atoms with Crippen LogP contribution in [0.3, 0.4) is 0 Å². The van der Waals surface area contributed by atoms with Crippen LogP contribution in [0.2, 0.25) is 0 Å². The molecule has 0 saturated carbocycles. The summed E-state index contributed by atoms with van der Waals surface area (Å²) in [4.78, 5) is 11.5. The number of aliphatic hydroxyl groups excluding tert-OH is 2. The fraction of sp³-hybridized carbons (Fsp3) is 0.952. The van der Waals surface area contributed by atoms with Crippen LogP contribution in [0.4, 0.5) is 0 Å². The van der Waals surface area contributed by atoms with E-state index in [1.54, 1.807) is 0 Å². The lowest BCUT2D eigenvalue weighted by molar-refractivity contribution is -0.121. The van der Waals surface area contributed by atoms with Gasteiger partial charge in [0.05, 0.1) is 12.7 Å². The average molecular weight is 358 g/mol. The van der Waals surface area contributed by atoms with Crippen molar-refractivity contribution in [1.29, 1.82) is 0 Å². The van der Waals surface area contributed by atoms with Crippen LogP contribution in [0.1, 0.15) is 110 Å². The molecular weight excluding hydrogens is 314 g/mol. The summed E-state index contributed by atoms with van der Waals surface area (Å²) in [5, 5.41) is 20.4. The first kappa shape index (κ1) is 24.4. The van der Waals surface area contributed by atoms with Crippen LogP contribution in [0.15, 0.2) is 0 Å². The largest absolute Gasteiger partial charge is 0.394 e. The highest BCUT2D eigenvalue weighted by molar-refractivity contribution is 5.75. The first-order chi connectivity index (χ1) is 12.2. The first-order valence-electron chi connectivity index (χ1n) is 10.8. The molecule has 1 atom stereocenters. The van der Waals surface area contributed by atoms with Gasteiger partial charge < -0.3 is 15.5 Å². The normalized spacial score (nSPS) is 12.3. The van der Waals surface area contributed by atoms with Gasteiger partial charge in [0.15, 0.2) is 0 Å². The summed E-state index contributed by atoms with van der Waals surface area (Å²) in [6.07, 6.45) is 19.5. The third kappa shape index (κ3) is 19.6. The number of unbranched alkanes of at least 4 members (excludes halogenated alkanes) is 14. The molecule has 3 N–H and O–H groups in total. The zero-order valence-corrected chi connectivity index (χ0v) is 16.6. The zero-order chi connectivity index (χ0) is 18.6. The van der Waals surface area contributed by atoms with Crippen molar-refractivity contribution >= 4 is 5.91 Å². The summed E-state index contributed by atoms with van der Waals surface area (Å²) in [7, 11) is 0. The Balaban J connectivity index is 3.12. The molecule has 0 fully saturated rings. The molecule has 1 amide bonds. The van der Waals surface area contributed by atoms with Crippen molar-refractivity contribution in [1.82, 2.24) is 5.32 Å². The Morgan fingerprint density at radius 3 is 1.56 bits per heavy atom. The molecule has 0 rings (SSSR count). The van der Waals surface area contributed by atoms with Gasteiger partial charge in [-0.3, -0.25) is 4.79 Å². The average Bonchev–Trinajstić information content (AvgIpc) is 2.62. The van der Waals surface area contributed by atoms with E-state index in [0.717, 1.165) is 12.8 Å². The molecule has 0 aromatic carbocycles. The topological polar surface area (TPSA) is 69.6 Å². The van der Waals surface area contributed by atoms with Crippen LogP contribution < -0.4 is 5.32 Å². The molecule has 4 nitrogen and oxygen atoms in total.